The van der Waals surface area contributed by atoms with Crippen molar-refractivity contribution in [3.8, 4) is 0 Å². The zero-order valence-corrected chi connectivity index (χ0v) is 13.3. The number of pyridine rings is 1. The average molecular weight is 310 g/mol. The van der Waals surface area contributed by atoms with E-state index in [9.17, 15) is 0 Å². The first-order valence-corrected chi connectivity index (χ1v) is 8.44. The fraction of sp³-hybridized carbons (Fsp3) is 0.444. The lowest BCUT2D eigenvalue weighted by atomic mass is 9.97. The summed E-state index contributed by atoms with van der Waals surface area (Å²) in [6.07, 6.45) is 8.41. The van der Waals surface area contributed by atoms with E-state index >= 15 is 0 Å². The minimum absolute atomic E-state index is 0.477. The van der Waals surface area contributed by atoms with Crippen LogP contribution in [-0.4, -0.2) is 39.1 Å². The maximum absolute atomic E-state index is 5.41. The van der Waals surface area contributed by atoms with Gasteiger partial charge in [-0.05, 0) is 56.6 Å². The number of likely N-dealkylation sites (tertiary alicyclic amines) is 1. The second-order valence-electron chi connectivity index (χ2n) is 6.31. The van der Waals surface area contributed by atoms with Crippen LogP contribution in [0.5, 0.6) is 0 Å². The predicted molar refractivity (Wildman–Crippen MR) is 88.4 cm³/mol. The zero-order chi connectivity index (χ0) is 15.5. The Balaban J connectivity index is 1.39. The Morgan fingerprint density at radius 2 is 2.17 bits per heavy atom. The van der Waals surface area contributed by atoms with Gasteiger partial charge in [-0.1, -0.05) is 6.07 Å². The van der Waals surface area contributed by atoms with Crippen molar-refractivity contribution in [2.24, 2.45) is 0 Å². The highest BCUT2D eigenvalue weighted by Gasteiger charge is 2.24. The minimum atomic E-state index is 0.477. The van der Waals surface area contributed by atoms with Gasteiger partial charge in [-0.2, -0.15) is 0 Å². The topological polar surface area (TPSA) is 46.6 Å². The fourth-order valence-corrected chi connectivity index (χ4v) is 3.54. The summed E-state index contributed by atoms with van der Waals surface area (Å²) in [6.45, 7) is 3.38. The third-order valence-electron chi connectivity index (χ3n) is 4.69. The molecular weight excluding hydrogens is 288 g/mol. The maximum Gasteiger partial charge on any atom is 0.160 e. The van der Waals surface area contributed by atoms with Crippen LogP contribution in [0, 0.1) is 0 Å². The second kappa shape index (κ2) is 6.54. The standard InChI is InChI=1S/C18H22N4O/c1-2-12-22-17(9-1)19-20-18(22)15-6-3-10-21(14-15)11-4-7-16-8-5-13-23-16/h1-2,5,8-9,12-13,15H,3-4,6-7,10-11,14H2/t15-/m1/s1. The van der Waals surface area contributed by atoms with E-state index < -0.39 is 0 Å². The normalized spacial score (nSPS) is 19.4. The van der Waals surface area contributed by atoms with Crippen LogP contribution in [0.15, 0.2) is 47.2 Å². The van der Waals surface area contributed by atoms with Crippen molar-refractivity contribution in [2.75, 3.05) is 19.6 Å². The highest BCUT2D eigenvalue weighted by atomic mass is 16.3. The summed E-state index contributed by atoms with van der Waals surface area (Å²) in [4.78, 5) is 2.56. The first-order valence-electron chi connectivity index (χ1n) is 8.44. The minimum Gasteiger partial charge on any atom is -0.469 e. The molecule has 3 aromatic rings. The van der Waals surface area contributed by atoms with Gasteiger partial charge in [0.2, 0.25) is 0 Å². The number of hydrogen-bond acceptors (Lipinski definition) is 4. The summed E-state index contributed by atoms with van der Waals surface area (Å²) < 4.78 is 7.55. The number of rotatable bonds is 5. The number of aryl methyl sites for hydroxylation is 1. The van der Waals surface area contributed by atoms with E-state index in [4.69, 9.17) is 4.42 Å². The Kier molecular flexibility index (Phi) is 4.11. The molecule has 0 aliphatic carbocycles. The molecule has 1 fully saturated rings. The number of piperidine rings is 1. The molecule has 5 nitrogen and oxygen atoms in total. The summed E-state index contributed by atoms with van der Waals surface area (Å²) in [5.74, 6) is 2.67. The van der Waals surface area contributed by atoms with Gasteiger partial charge in [-0.25, -0.2) is 0 Å². The van der Waals surface area contributed by atoms with Crippen molar-refractivity contribution in [3.05, 3.63) is 54.4 Å². The molecule has 0 bridgehead atoms. The van der Waals surface area contributed by atoms with Gasteiger partial charge < -0.3 is 9.32 Å². The number of nitrogens with zero attached hydrogens (tertiary/aromatic N) is 4. The van der Waals surface area contributed by atoms with Crippen molar-refractivity contribution < 1.29 is 4.42 Å². The van der Waals surface area contributed by atoms with E-state index in [-0.39, 0.29) is 0 Å². The molecule has 1 saturated heterocycles. The summed E-state index contributed by atoms with van der Waals surface area (Å²) >= 11 is 0. The number of aromatic nitrogens is 3. The van der Waals surface area contributed by atoms with Gasteiger partial charge in [-0.15, -0.1) is 10.2 Å². The van der Waals surface area contributed by atoms with E-state index in [1.54, 1.807) is 6.26 Å². The van der Waals surface area contributed by atoms with E-state index in [0.29, 0.717) is 5.92 Å². The summed E-state index contributed by atoms with van der Waals surface area (Å²) in [5, 5.41) is 8.74. The maximum atomic E-state index is 5.41. The molecule has 0 radical (unpaired) electrons. The molecule has 0 N–H and O–H groups in total. The Hall–Kier alpha value is -2.14. The summed E-state index contributed by atoms with van der Waals surface area (Å²) in [5.41, 5.74) is 0.942. The quantitative estimate of drug-likeness (QED) is 0.726. The van der Waals surface area contributed by atoms with Crippen LogP contribution in [0.25, 0.3) is 5.65 Å². The third-order valence-corrected chi connectivity index (χ3v) is 4.69. The van der Waals surface area contributed by atoms with E-state index in [0.717, 1.165) is 43.2 Å². The Bertz CT molecular complexity index is 749. The van der Waals surface area contributed by atoms with Crippen LogP contribution in [0.2, 0.25) is 0 Å². The molecule has 5 heteroatoms. The lowest BCUT2D eigenvalue weighted by molar-refractivity contribution is 0.200. The van der Waals surface area contributed by atoms with Crippen molar-refractivity contribution in [3.63, 3.8) is 0 Å². The molecule has 1 aliphatic rings. The second-order valence-corrected chi connectivity index (χ2v) is 6.31. The van der Waals surface area contributed by atoms with Gasteiger partial charge in [0.15, 0.2) is 5.65 Å². The number of fused-ring (bicyclic) bond motifs is 1. The number of hydrogen-bond donors (Lipinski definition) is 0. The van der Waals surface area contributed by atoms with E-state index in [1.165, 1.54) is 19.4 Å². The van der Waals surface area contributed by atoms with Crippen molar-refractivity contribution in [1.82, 2.24) is 19.5 Å². The van der Waals surface area contributed by atoms with E-state index in [2.05, 4.69) is 31.8 Å². The van der Waals surface area contributed by atoms with Gasteiger partial charge in [0.25, 0.3) is 0 Å². The van der Waals surface area contributed by atoms with Crippen LogP contribution >= 0.6 is 0 Å². The zero-order valence-electron chi connectivity index (χ0n) is 13.3. The molecule has 3 aromatic heterocycles. The summed E-state index contributed by atoms with van der Waals surface area (Å²) in [7, 11) is 0. The SMILES string of the molecule is c1coc(CCCN2CCC[C@@H](c3nnc4ccccn34)C2)c1. The van der Waals surface area contributed by atoms with Gasteiger partial charge >= 0.3 is 0 Å². The molecule has 1 aliphatic heterocycles. The molecule has 4 heterocycles. The molecule has 0 spiro atoms. The van der Waals surface area contributed by atoms with Crippen LogP contribution in [-0.2, 0) is 6.42 Å². The van der Waals surface area contributed by atoms with Crippen molar-refractivity contribution in [2.45, 2.75) is 31.6 Å². The van der Waals surface area contributed by atoms with Gasteiger partial charge in [-0.3, -0.25) is 4.40 Å². The molecule has 0 saturated carbocycles. The molecule has 0 amide bonds. The third kappa shape index (κ3) is 3.15. The molecule has 4 rings (SSSR count). The van der Waals surface area contributed by atoms with Gasteiger partial charge in [0.05, 0.1) is 6.26 Å². The molecular formula is C18H22N4O. The van der Waals surface area contributed by atoms with Gasteiger partial charge in [0, 0.05) is 25.1 Å². The average Bonchev–Trinajstić information content (AvgIpc) is 3.24. The van der Waals surface area contributed by atoms with Crippen LogP contribution in [0.1, 0.15) is 36.8 Å². The Labute approximate surface area is 135 Å². The number of furan rings is 1. The van der Waals surface area contributed by atoms with E-state index in [1.807, 2.05) is 24.3 Å². The van der Waals surface area contributed by atoms with Crippen LogP contribution in [0.3, 0.4) is 0 Å². The van der Waals surface area contributed by atoms with Gasteiger partial charge in [0.1, 0.15) is 11.6 Å². The van der Waals surface area contributed by atoms with Crippen LogP contribution in [0.4, 0.5) is 0 Å². The van der Waals surface area contributed by atoms with Crippen molar-refractivity contribution >= 4 is 5.65 Å². The summed E-state index contributed by atoms with van der Waals surface area (Å²) in [6, 6.07) is 10.1. The molecule has 120 valence electrons. The fourth-order valence-electron chi connectivity index (χ4n) is 3.54. The Morgan fingerprint density at radius 1 is 1.17 bits per heavy atom. The molecule has 1 atom stereocenters. The molecule has 23 heavy (non-hydrogen) atoms. The largest absolute Gasteiger partial charge is 0.469 e. The van der Waals surface area contributed by atoms with Crippen molar-refractivity contribution in [1.29, 1.82) is 0 Å². The molecule has 0 unspecified atom stereocenters. The first-order chi connectivity index (χ1) is 11.4. The first kappa shape index (κ1) is 14.5. The lowest BCUT2D eigenvalue weighted by Crippen LogP contribution is -2.35. The highest BCUT2D eigenvalue weighted by molar-refractivity contribution is 5.37. The molecule has 0 aromatic carbocycles. The lowest BCUT2D eigenvalue weighted by Gasteiger charge is -2.31. The predicted octanol–water partition coefficient (Wildman–Crippen LogP) is 3.13. The monoisotopic (exact) mass is 310 g/mol. The van der Waals surface area contributed by atoms with Crippen LogP contribution < -0.4 is 0 Å². The Morgan fingerprint density at radius 3 is 3.09 bits per heavy atom. The highest BCUT2D eigenvalue weighted by Crippen LogP contribution is 2.26. The smallest absolute Gasteiger partial charge is 0.160 e.